The number of fused-ring (bicyclic) bond motifs is 11. The van der Waals surface area contributed by atoms with Gasteiger partial charge in [0.25, 0.3) is 6.71 Å². The number of rotatable bonds is 3. The van der Waals surface area contributed by atoms with Crippen molar-refractivity contribution in [1.82, 2.24) is 4.57 Å². The minimum Gasteiger partial charge on any atom is -0.468 e. The lowest BCUT2D eigenvalue weighted by atomic mass is 9.35. The summed E-state index contributed by atoms with van der Waals surface area (Å²) in [4.78, 5) is 5.23. The third-order valence-electron chi connectivity index (χ3n) is 18.4. The Balaban J connectivity index is 1.21. The summed E-state index contributed by atoms with van der Waals surface area (Å²) in [6.45, 7) is 33.4. The van der Waals surface area contributed by atoms with E-state index in [1.807, 2.05) is 0 Å². The zero-order valence-electron chi connectivity index (χ0n) is 45.9. The number of hydrogen-bond acceptors (Lipinski definition) is 3. The Morgan fingerprint density at radius 3 is 1.53 bits per heavy atom. The standard InChI is InChI=1S/C68H72BN3O/c1-63(2,3)41-23-26-43(27-24-41)70-56-30-25-42(64(4,5)6)35-53(56)69-60-57(70)37-45(71-54-21-17-15-19-46(54)47-20-16-18-22-55(47)71)38-58(60)72(44-28-29-49-50(36-44)66(9,10)32-31-65(49,7)8)61-48-39-51-52(40-59(48)73-62(61)69)68(13,14)34-33-67(51,11)12/h15-30,35-40H,31-34H2,1-14H3. The highest BCUT2D eigenvalue weighted by atomic mass is 16.3. The Morgan fingerprint density at radius 2 is 0.945 bits per heavy atom. The third-order valence-corrected chi connectivity index (χ3v) is 18.4. The molecule has 0 spiro atoms. The molecule has 2 aliphatic heterocycles. The van der Waals surface area contributed by atoms with Crippen LogP contribution in [-0.4, -0.2) is 11.3 Å². The Hall–Kier alpha value is -6.46. The number of aromatic nitrogens is 1. The first-order valence-electron chi connectivity index (χ1n) is 27.2. The number of nitrogens with zero attached hydrogens (tertiary/aromatic N) is 3. The monoisotopic (exact) mass is 958 g/mol. The quantitative estimate of drug-likeness (QED) is 0.165. The summed E-state index contributed by atoms with van der Waals surface area (Å²) >= 11 is 0. The van der Waals surface area contributed by atoms with Crippen molar-refractivity contribution in [3.8, 4) is 5.69 Å². The molecule has 0 radical (unpaired) electrons. The van der Waals surface area contributed by atoms with Crippen molar-refractivity contribution in [2.45, 2.75) is 155 Å². The lowest BCUT2D eigenvalue weighted by Gasteiger charge is -2.45. The largest absolute Gasteiger partial charge is 0.468 e. The van der Waals surface area contributed by atoms with Gasteiger partial charge in [0.2, 0.25) is 0 Å². The van der Waals surface area contributed by atoms with Crippen LogP contribution in [0.15, 0.2) is 138 Å². The lowest BCUT2D eigenvalue weighted by Crippen LogP contribution is -2.61. The van der Waals surface area contributed by atoms with E-state index in [4.69, 9.17) is 4.42 Å². The van der Waals surface area contributed by atoms with Crippen LogP contribution in [0.25, 0.3) is 38.5 Å². The second kappa shape index (κ2) is 15.1. The molecule has 0 saturated heterocycles. The molecular formula is C68H72BN3O. The van der Waals surface area contributed by atoms with Crippen molar-refractivity contribution in [2.24, 2.45) is 0 Å². The molecule has 2 aromatic heterocycles. The van der Waals surface area contributed by atoms with Crippen molar-refractivity contribution in [1.29, 1.82) is 0 Å². The Bertz CT molecular complexity index is 3730. The summed E-state index contributed by atoms with van der Waals surface area (Å²) in [6.07, 6.45) is 4.60. The van der Waals surface area contributed by atoms with Gasteiger partial charge in [0.15, 0.2) is 0 Å². The molecule has 7 aromatic carbocycles. The first-order chi connectivity index (χ1) is 34.4. The van der Waals surface area contributed by atoms with Crippen LogP contribution in [0.4, 0.5) is 34.1 Å². The van der Waals surface area contributed by atoms with Gasteiger partial charge in [-0.05, 0) is 169 Å². The number of anilines is 6. The van der Waals surface area contributed by atoms with Gasteiger partial charge in [0.05, 0.1) is 28.1 Å². The fourth-order valence-electron chi connectivity index (χ4n) is 13.7. The van der Waals surface area contributed by atoms with E-state index in [0.717, 1.165) is 41.9 Å². The molecule has 4 heterocycles. The van der Waals surface area contributed by atoms with Crippen LogP contribution in [0, 0.1) is 0 Å². The van der Waals surface area contributed by atoms with E-state index < -0.39 is 0 Å². The molecule has 4 aliphatic rings. The molecule has 13 rings (SSSR count). The fraction of sp³-hybridized carbons (Fsp3) is 0.353. The highest BCUT2D eigenvalue weighted by Crippen LogP contribution is 2.54. The Kier molecular flexibility index (Phi) is 9.58. The van der Waals surface area contributed by atoms with Gasteiger partial charge in [-0.1, -0.05) is 164 Å². The van der Waals surface area contributed by atoms with E-state index in [1.165, 1.54) is 106 Å². The summed E-state index contributed by atoms with van der Waals surface area (Å²) in [5.74, 6) is 0. The van der Waals surface area contributed by atoms with Crippen LogP contribution < -0.4 is 26.4 Å². The molecule has 0 N–H and O–H groups in total. The third kappa shape index (κ3) is 6.78. The molecule has 0 saturated carbocycles. The van der Waals surface area contributed by atoms with Gasteiger partial charge < -0.3 is 18.8 Å². The van der Waals surface area contributed by atoms with Crippen molar-refractivity contribution < 1.29 is 4.42 Å². The van der Waals surface area contributed by atoms with Crippen LogP contribution in [0.3, 0.4) is 0 Å². The first kappa shape index (κ1) is 46.3. The number of hydrogen-bond donors (Lipinski definition) is 0. The minimum atomic E-state index is -0.177. The summed E-state index contributed by atoms with van der Waals surface area (Å²) in [7, 11) is 0. The zero-order valence-corrected chi connectivity index (χ0v) is 45.9. The molecule has 0 fully saturated rings. The van der Waals surface area contributed by atoms with Gasteiger partial charge in [-0.25, -0.2) is 0 Å². The summed E-state index contributed by atoms with van der Waals surface area (Å²) in [5, 5.41) is 3.71. The van der Waals surface area contributed by atoms with Crippen molar-refractivity contribution in [3.05, 3.63) is 167 Å². The molecule has 0 atom stereocenters. The van der Waals surface area contributed by atoms with E-state index in [-0.39, 0.29) is 39.2 Å². The van der Waals surface area contributed by atoms with Crippen molar-refractivity contribution >= 4 is 90.2 Å². The minimum absolute atomic E-state index is 0.0116. The number of para-hydroxylation sites is 2. The number of benzene rings is 7. The van der Waals surface area contributed by atoms with Crippen LogP contribution >= 0.6 is 0 Å². The van der Waals surface area contributed by atoms with E-state index in [0.29, 0.717) is 0 Å². The van der Waals surface area contributed by atoms with Gasteiger partial charge in [-0.3, -0.25) is 0 Å². The van der Waals surface area contributed by atoms with Crippen LogP contribution in [-0.2, 0) is 32.5 Å². The summed E-state index contributed by atoms with van der Waals surface area (Å²) in [5.41, 5.74) is 23.7. The molecule has 2 aliphatic carbocycles. The average molecular weight is 958 g/mol. The fourth-order valence-corrected chi connectivity index (χ4v) is 13.7. The van der Waals surface area contributed by atoms with Crippen molar-refractivity contribution in [3.63, 3.8) is 0 Å². The molecule has 9 aromatic rings. The summed E-state index contributed by atoms with van der Waals surface area (Å²) in [6, 6.07) is 52.2. The van der Waals surface area contributed by atoms with E-state index in [9.17, 15) is 0 Å². The van der Waals surface area contributed by atoms with Gasteiger partial charge in [-0.15, -0.1) is 0 Å². The molecule has 368 valence electrons. The maximum Gasteiger partial charge on any atom is 0.297 e. The maximum atomic E-state index is 7.73. The first-order valence-corrected chi connectivity index (χ1v) is 27.2. The topological polar surface area (TPSA) is 24.6 Å². The van der Waals surface area contributed by atoms with E-state index >= 15 is 0 Å². The Labute approximate surface area is 434 Å². The van der Waals surface area contributed by atoms with E-state index in [2.05, 4.69) is 245 Å². The highest BCUT2D eigenvalue weighted by Gasteiger charge is 2.49. The second-order valence-corrected chi connectivity index (χ2v) is 27.2. The van der Waals surface area contributed by atoms with E-state index in [1.54, 1.807) is 0 Å². The van der Waals surface area contributed by atoms with Crippen LogP contribution in [0.5, 0.6) is 0 Å². The molecule has 4 nitrogen and oxygen atoms in total. The molecule has 0 amide bonds. The van der Waals surface area contributed by atoms with Crippen LogP contribution in [0.2, 0.25) is 0 Å². The Morgan fingerprint density at radius 1 is 0.438 bits per heavy atom. The zero-order chi connectivity index (χ0) is 51.1. The van der Waals surface area contributed by atoms with Gasteiger partial charge >= 0.3 is 0 Å². The predicted molar refractivity (Wildman–Crippen MR) is 313 cm³/mol. The normalized spacial score (nSPS) is 18.1. The average Bonchev–Trinajstić information content (AvgIpc) is 3.89. The lowest BCUT2D eigenvalue weighted by molar-refractivity contribution is 0.332. The van der Waals surface area contributed by atoms with Crippen LogP contribution in [0.1, 0.15) is 156 Å². The van der Waals surface area contributed by atoms with Crippen molar-refractivity contribution in [2.75, 3.05) is 9.80 Å². The van der Waals surface area contributed by atoms with Gasteiger partial charge in [0.1, 0.15) is 5.58 Å². The van der Waals surface area contributed by atoms with Gasteiger partial charge in [-0.2, -0.15) is 0 Å². The molecule has 5 heteroatoms. The summed E-state index contributed by atoms with van der Waals surface area (Å²) < 4.78 is 10.3. The van der Waals surface area contributed by atoms with Gasteiger partial charge in [0, 0.05) is 44.6 Å². The molecular weight excluding hydrogens is 886 g/mol. The number of furan rings is 1. The smallest absolute Gasteiger partial charge is 0.297 e. The highest BCUT2D eigenvalue weighted by molar-refractivity contribution is 7.00. The SMILES string of the molecule is CC(C)(C)c1ccc(N2c3ccc(C(C)(C)C)cc3B3c4oc5cc6c(cc5c4N(c4ccc5c(c4)C(C)(C)CCC5(C)C)c4cc(-n5c7ccccc7c7ccccc75)cc2c43)C(C)(C)CCC6(C)C)cc1. The molecule has 0 bridgehead atoms. The molecule has 0 unspecified atom stereocenters. The maximum absolute atomic E-state index is 7.73. The molecule has 73 heavy (non-hydrogen) atoms. The predicted octanol–water partition coefficient (Wildman–Crippen LogP) is 16.9. The second-order valence-electron chi connectivity index (χ2n) is 27.2.